The molecule has 0 saturated heterocycles. The zero-order valence-corrected chi connectivity index (χ0v) is 25.6. The Kier molecular flexibility index (Phi) is 10.6. The minimum atomic E-state index is -4.19. The molecule has 0 spiro atoms. The third-order valence-electron chi connectivity index (χ3n) is 6.44. The Morgan fingerprint density at radius 1 is 0.950 bits per heavy atom. The smallest absolute Gasteiger partial charge is 0.264 e. The van der Waals surface area contributed by atoms with E-state index in [0.29, 0.717) is 27.6 Å². The lowest BCUT2D eigenvalue weighted by Crippen LogP contribution is -2.53. The van der Waals surface area contributed by atoms with Crippen LogP contribution in [0.15, 0.2) is 71.6 Å². The Hall–Kier alpha value is -3.07. The summed E-state index contributed by atoms with van der Waals surface area (Å²) < 4.78 is 29.1. The second kappa shape index (κ2) is 13.5. The maximum Gasteiger partial charge on any atom is 0.264 e. The van der Waals surface area contributed by atoms with Crippen LogP contribution in [0.4, 0.5) is 5.69 Å². The predicted molar refractivity (Wildman–Crippen MR) is 161 cm³/mol. The number of nitrogens with one attached hydrogen (secondary N) is 1. The number of sulfonamides is 1. The summed E-state index contributed by atoms with van der Waals surface area (Å²) in [5.74, 6) is -0.884. The lowest BCUT2D eigenvalue weighted by molar-refractivity contribution is -0.140. The Balaban J connectivity index is 2.12. The normalized spacial score (nSPS) is 12.2. The summed E-state index contributed by atoms with van der Waals surface area (Å²) in [5.41, 5.74) is 2.43. The number of nitrogens with zero attached hydrogens (tertiary/aromatic N) is 2. The van der Waals surface area contributed by atoms with Crippen molar-refractivity contribution in [2.45, 2.75) is 64.6 Å². The van der Waals surface area contributed by atoms with Crippen molar-refractivity contribution in [3.05, 3.63) is 93.5 Å². The molecule has 3 aromatic carbocycles. The third kappa shape index (κ3) is 7.56. The van der Waals surface area contributed by atoms with E-state index in [9.17, 15) is 18.0 Å². The second-order valence-corrected chi connectivity index (χ2v) is 12.7. The number of halogens is 2. The van der Waals surface area contributed by atoms with E-state index in [0.717, 1.165) is 9.87 Å². The van der Waals surface area contributed by atoms with Crippen molar-refractivity contribution in [1.29, 1.82) is 0 Å². The van der Waals surface area contributed by atoms with Gasteiger partial charge in [0, 0.05) is 22.6 Å². The molecule has 1 atom stereocenters. The number of rotatable bonds is 11. The van der Waals surface area contributed by atoms with Gasteiger partial charge < -0.3 is 10.2 Å². The molecule has 2 amide bonds. The molecule has 0 aromatic heterocycles. The van der Waals surface area contributed by atoms with Gasteiger partial charge in [-0.2, -0.15) is 0 Å². The molecule has 1 N–H and O–H groups in total. The summed E-state index contributed by atoms with van der Waals surface area (Å²) in [4.78, 5) is 28.8. The number of benzene rings is 3. The minimum absolute atomic E-state index is 0.0233. The first-order chi connectivity index (χ1) is 18.8. The van der Waals surface area contributed by atoms with E-state index in [2.05, 4.69) is 5.32 Å². The van der Waals surface area contributed by atoms with Gasteiger partial charge in [0.25, 0.3) is 10.0 Å². The van der Waals surface area contributed by atoms with Crippen LogP contribution in [-0.2, 0) is 26.2 Å². The molecule has 3 aromatic rings. The lowest BCUT2D eigenvalue weighted by atomic mass is 10.1. The van der Waals surface area contributed by atoms with Crippen LogP contribution >= 0.6 is 23.2 Å². The molecule has 10 heteroatoms. The predicted octanol–water partition coefficient (Wildman–Crippen LogP) is 6.14. The van der Waals surface area contributed by atoms with E-state index in [1.54, 1.807) is 62.4 Å². The molecular formula is C30H35Cl2N3O4S. The van der Waals surface area contributed by atoms with Crippen LogP contribution in [0.5, 0.6) is 0 Å². The highest BCUT2D eigenvalue weighted by molar-refractivity contribution is 7.92. The second-order valence-electron chi connectivity index (χ2n) is 9.96. The van der Waals surface area contributed by atoms with Gasteiger partial charge in [0.05, 0.1) is 10.6 Å². The van der Waals surface area contributed by atoms with Crippen molar-refractivity contribution in [3.63, 3.8) is 0 Å². The van der Waals surface area contributed by atoms with Gasteiger partial charge in [0.2, 0.25) is 11.8 Å². The van der Waals surface area contributed by atoms with Gasteiger partial charge in [-0.15, -0.1) is 0 Å². The number of anilines is 1. The highest BCUT2D eigenvalue weighted by atomic mass is 35.5. The van der Waals surface area contributed by atoms with Crippen molar-refractivity contribution in [2.24, 2.45) is 0 Å². The monoisotopic (exact) mass is 603 g/mol. The topological polar surface area (TPSA) is 86.8 Å². The van der Waals surface area contributed by atoms with Crippen LogP contribution in [0.2, 0.25) is 10.0 Å². The Labute approximate surface area is 247 Å². The van der Waals surface area contributed by atoms with Gasteiger partial charge in [-0.25, -0.2) is 8.42 Å². The molecular weight excluding hydrogens is 569 g/mol. The highest BCUT2D eigenvalue weighted by Crippen LogP contribution is 2.30. The summed E-state index contributed by atoms with van der Waals surface area (Å²) >= 11 is 12.7. The van der Waals surface area contributed by atoms with Gasteiger partial charge in [0.15, 0.2) is 0 Å². The maximum absolute atomic E-state index is 14.1. The molecule has 214 valence electrons. The van der Waals surface area contributed by atoms with E-state index in [1.807, 2.05) is 20.8 Å². The Morgan fingerprint density at radius 3 is 2.20 bits per heavy atom. The minimum Gasteiger partial charge on any atom is -0.352 e. The highest BCUT2D eigenvalue weighted by Gasteiger charge is 2.34. The van der Waals surface area contributed by atoms with Crippen LogP contribution < -0.4 is 9.62 Å². The molecule has 0 heterocycles. The largest absolute Gasteiger partial charge is 0.352 e. The molecule has 7 nitrogen and oxygen atoms in total. The van der Waals surface area contributed by atoms with E-state index >= 15 is 0 Å². The van der Waals surface area contributed by atoms with Crippen LogP contribution in [0.3, 0.4) is 0 Å². The van der Waals surface area contributed by atoms with Gasteiger partial charge in [0.1, 0.15) is 12.6 Å². The first-order valence-corrected chi connectivity index (χ1v) is 15.2. The van der Waals surface area contributed by atoms with Gasteiger partial charge in [-0.3, -0.25) is 13.9 Å². The van der Waals surface area contributed by atoms with Crippen molar-refractivity contribution < 1.29 is 18.0 Å². The Bertz CT molecular complexity index is 1460. The van der Waals surface area contributed by atoms with Crippen LogP contribution in [0.25, 0.3) is 0 Å². The van der Waals surface area contributed by atoms with Crippen molar-refractivity contribution in [2.75, 3.05) is 10.8 Å². The molecule has 0 fully saturated rings. The summed E-state index contributed by atoms with van der Waals surface area (Å²) in [6.45, 7) is 8.56. The van der Waals surface area contributed by atoms with Gasteiger partial charge in [-0.1, -0.05) is 72.1 Å². The van der Waals surface area contributed by atoms with Crippen molar-refractivity contribution >= 4 is 50.7 Å². The maximum atomic E-state index is 14.1. The molecule has 0 radical (unpaired) electrons. The number of carbonyl (C=O) groups is 2. The summed E-state index contributed by atoms with van der Waals surface area (Å²) in [6.07, 6.45) is 0.315. The molecule has 0 bridgehead atoms. The number of hydrogen-bond acceptors (Lipinski definition) is 4. The first kappa shape index (κ1) is 31.5. The van der Waals surface area contributed by atoms with Crippen molar-refractivity contribution in [1.82, 2.24) is 10.2 Å². The fourth-order valence-corrected chi connectivity index (χ4v) is 6.14. The molecule has 40 heavy (non-hydrogen) atoms. The average molecular weight is 605 g/mol. The fraction of sp³-hybridized carbons (Fsp3) is 0.333. The van der Waals surface area contributed by atoms with E-state index in [4.69, 9.17) is 23.2 Å². The number of carbonyl (C=O) groups excluding carboxylic acids is 2. The summed E-state index contributed by atoms with van der Waals surface area (Å²) in [6, 6.07) is 17.4. The molecule has 0 unspecified atom stereocenters. The van der Waals surface area contributed by atoms with E-state index in [-0.39, 0.29) is 29.1 Å². The zero-order valence-electron chi connectivity index (χ0n) is 23.3. The molecule has 0 aliphatic rings. The molecule has 3 rings (SSSR count). The molecule has 0 saturated carbocycles. The first-order valence-electron chi connectivity index (χ1n) is 13.0. The molecule has 0 aliphatic carbocycles. The van der Waals surface area contributed by atoms with Gasteiger partial charge in [-0.05, 0) is 75.6 Å². The summed E-state index contributed by atoms with van der Waals surface area (Å²) in [7, 11) is -4.19. The Morgan fingerprint density at radius 2 is 1.60 bits per heavy atom. The lowest BCUT2D eigenvalue weighted by Gasteiger charge is -2.34. The quantitative estimate of drug-likeness (QED) is 0.285. The molecule has 0 aliphatic heterocycles. The zero-order chi connectivity index (χ0) is 29.6. The van der Waals surface area contributed by atoms with Crippen LogP contribution in [0, 0.1) is 13.8 Å². The SMILES string of the molecule is CC[C@H](C(=O)NC(C)C)N(Cc1ccccc1Cl)C(=O)CN(c1cc(Cl)ccc1C)S(=O)(=O)c1ccc(C)cc1. The van der Waals surface area contributed by atoms with Gasteiger partial charge >= 0.3 is 0 Å². The van der Waals surface area contributed by atoms with Crippen LogP contribution in [0.1, 0.15) is 43.9 Å². The van der Waals surface area contributed by atoms with Crippen LogP contribution in [-0.4, -0.2) is 43.8 Å². The number of aryl methyl sites for hydroxylation is 2. The number of amides is 2. The third-order valence-corrected chi connectivity index (χ3v) is 8.82. The fourth-order valence-electron chi connectivity index (χ4n) is 4.31. The standard InChI is InChI=1S/C30H35Cl2N3O4S/c1-6-27(30(37)33-20(2)3)34(18-23-9-7-8-10-26(23)32)29(36)19-35(28-17-24(31)14-13-22(28)5)40(38,39)25-15-11-21(4)12-16-25/h7-17,20,27H,6,18-19H2,1-5H3,(H,33,37)/t27-/m1/s1. The summed E-state index contributed by atoms with van der Waals surface area (Å²) in [5, 5.41) is 3.64. The van der Waals surface area contributed by atoms with E-state index < -0.39 is 28.5 Å². The number of hydrogen-bond donors (Lipinski definition) is 1. The van der Waals surface area contributed by atoms with E-state index in [1.165, 1.54) is 23.1 Å². The average Bonchev–Trinajstić information content (AvgIpc) is 2.89. The van der Waals surface area contributed by atoms with Crippen molar-refractivity contribution in [3.8, 4) is 0 Å².